The van der Waals surface area contributed by atoms with Gasteiger partial charge in [-0.25, -0.2) is 9.97 Å². The number of fused-ring (bicyclic) bond motifs is 3. The first-order chi connectivity index (χ1) is 15.6. The van der Waals surface area contributed by atoms with Gasteiger partial charge in [-0.15, -0.1) is 0 Å². The van der Waals surface area contributed by atoms with Gasteiger partial charge in [-0.05, 0) is 85.4 Å². The highest BCUT2D eigenvalue weighted by Gasteiger charge is 2.12. The maximum atomic E-state index is 4.97. The van der Waals surface area contributed by atoms with Crippen LogP contribution in [-0.2, 0) is 0 Å². The van der Waals surface area contributed by atoms with E-state index in [1.165, 1.54) is 21.5 Å². The number of nitrogens with zero attached hydrogens (tertiary/aromatic N) is 3. The van der Waals surface area contributed by atoms with E-state index in [1.807, 2.05) is 0 Å². The molecule has 0 aliphatic carbocycles. The summed E-state index contributed by atoms with van der Waals surface area (Å²) in [4.78, 5) is 12.1. The van der Waals surface area contributed by atoms with Crippen molar-refractivity contribution in [3.05, 3.63) is 78.4 Å². The van der Waals surface area contributed by atoms with E-state index in [0.29, 0.717) is 0 Å². The molecule has 0 unspecified atom stereocenters. The zero-order valence-electron chi connectivity index (χ0n) is 18.9. The SMILES string of the molecule is Cc1cccc2c(NCCCN(C)C)nc(-c3ccc4cc5ccccc5cc4c3)nc12. The van der Waals surface area contributed by atoms with Gasteiger partial charge in [0.1, 0.15) is 5.82 Å². The first-order valence-corrected chi connectivity index (χ1v) is 11.2. The molecule has 4 nitrogen and oxygen atoms in total. The first-order valence-electron chi connectivity index (χ1n) is 11.2. The standard InChI is InChI=1S/C28H28N4/c1-19-8-6-11-25-26(19)30-27(31-28(25)29-14-7-15-32(2)3)23-13-12-22-16-20-9-4-5-10-21(20)17-24(22)18-23/h4-6,8-13,16-18H,7,14-15H2,1-3H3,(H,29,30,31). The summed E-state index contributed by atoms with van der Waals surface area (Å²) in [5.74, 6) is 1.67. The van der Waals surface area contributed by atoms with Crippen molar-refractivity contribution in [2.24, 2.45) is 0 Å². The number of benzene rings is 4. The van der Waals surface area contributed by atoms with Gasteiger partial charge in [-0.3, -0.25) is 0 Å². The van der Waals surface area contributed by atoms with Gasteiger partial charge >= 0.3 is 0 Å². The van der Waals surface area contributed by atoms with Gasteiger partial charge in [-0.2, -0.15) is 0 Å². The summed E-state index contributed by atoms with van der Waals surface area (Å²) in [6, 6.07) is 25.8. The zero-order chi connectivity index (χ0) is 22.1. The van der Waals surface area contributed by atoms with Gasteiger partial charge < -0.3 is 10.2 Å². The molecule has 0 aliphatic rings. The normalized spacial score (nSPS) is 11.6. The zero-order valence-corrected chi connectivity index (χ0v) is 18.9. The van der Waals surface area contributed by atoms with Crippen molar-refractivity contribution in [3.63, 3.8) is 0 Å². The lowest BCUT2D eigenvalue weighted by Crippen LogP contribution is -2.17. The summed E-state index contributed by atoms with van der Waals surface area (Å²) in [5, 5.41) is 9.58. The van der Waals surface area contributed by atoms with Crippen LogP contribution < -0.4 is 5.32 Å². The van der Waals surface area contributed by atoms with E-state index >= 15 is 0 Å². The fraction of sp³-hybridized carbons (Fsp3) is 0.214. The predicted molar refractivity (Wildman–Crippen MR) is 136 cm³/mol. The van der Waals surface area contributed by atoms with Crippen LogP contribution in [0.2, 0.25) is 0 Å². The highest BCUT2D eigenvalue weighted by Crippen LogP contribution is 2.30. The molecule has 32 heavy (non-hydrogen) atoms. The monoisotopic (exact) mass is 420 g/mol. The van der Waals surface area contributed by atoms with Crippen LogP contribution in [0.5, 0.6) is 0 Å². The molecule has 0 radical (unpaired) electrons. The Morgan fingerprint density at radius 3 is 2.31 bits per heavy atom. The van der Waals surface area contributed by atoms with E-state index < -0.39 is 0 Å². The van der Waals surface area contributed by atoms with E-state index in [-0.39, 0.29) is 0 Å². The molecular weight excluding hydrogens is 392 g/mol. The third-order valence-electron chi connectivity index (χ3n) is 5.97. The second-order valence-corrected chi connectivity index (χ2v) is 8.71. The minimum Gasteiger partial charge on any atom is -0.369 e. The van der Waals surface area contributed by atoms with Crippen LogP contribution in [0.15, 0.2) is 72.8 Å². The Kier molecular flexibility index (Phi) is 5.46. The number of aromatic nitrogens is 2. The van der Waals surface area contributed by atoms with Crippen LogP contribution in [0.1, 0.15) is 12.0 Å². The smallest absolute Gasteiger partial charge is 0.162 e. The molecule has 0 spiro atoms. The van der Waals surface area contributed by atoms with Crippen LogP contribution in [0.25, 0.3) is 43.8 Å². The predicted octanol–water partition coefficient (Wildman–Crippen LogP) is 6.28. The molecule has 0 amide bonds. The molecule has 4 aromatic carbocycles. The molecule has 1 N–H and O–H groups in total. The molecule has 5 aromatic rings. The molecule has 1 aromatic heterocycles. The fourth-order valence-corrected chi connectivity index (χ4v) is 4.24. The summed E-state index contributed by atoms with van der Waals surface area (Å²) >= 11 is 0. The summed E-state index contributed by atoms with van der Waals surface area (Å²) in [5.41, 5.74) is 3.20. The van der Waals surface area contributed by atoms with Gasteiger partial charge in [-0.1, -0.05) is 48.5 Å². The van der Waals surface area contributed by atoms with E-state index in [9.17, 15) is 0 Å². The Balaban J connectivity index is 1.58. The molecule has 0 saturated heterocycles. The van der Waals surface area contributed by atoms with Crippen molar-refractivity contribution >= 4 is 38.3 Å². The third kappa shape index (κ3) is 4.02. The summed E-state index contributed by atoms with van der Waals surface area (Å²) < 4.78 is 0. The Morgan fingerprint density at radius 2 is 1.53 bits per heavy atom. The molecule has 0 aliphatic heterocycles. The quantitative estimate of drug-likeness (QED) is 0.259. The average Bonchev–Trinajstić information content (AvgIpc) is 2.80. The maximum absolute atomic E-state index is 4.97. The third-order valence-corrected chi connectivity index (χ3v) is 5.97. The number of hydrogen-bond donors (Lipinski definition) is 1. The fourth-order valence-electron chi connectivity index (χ4n) is 4.24. The molecule has 5 rings (SSSR count). The highest BCUT2D eigenvalue weighted by atomic mass is 15.1. The second-order valence-electron chi connectivity index (χ2n) is 8.71. The second kappa shape index (κ2) is 8.56. The van der Waals surface area contributed by atoms with Crippen molar-refractivity contribution in [2.45, 2.75) is 13.3 Å². The van der Waals surface area contributed by atoms with Crippen LogP contribution in [0.4, 0.5) is 5.82 Å². The van der Waals surface area contributed by atoms with Crippen molar-refractivity contribution < 1.29 is 0 Å². The van der Waals surface area contributed by atoms with Crippen LogP contribution >= 0.6 is 0 Å². The van der Waals surface area contributed by atoms with E-state index in [2.05, 4.69) is 104 Å². The van der Waals surface area contributed by atoms with E-state index in [0.717, 1.165) is 53.2 Å². The summed E-state index contributed by atoms with van der Waals surface area (Å²) in [6.07, 6.45) is 1.06. The molecule has 1 heterocycles. The van der Waals surface area contributed by atoms with Crippen molar-refractivity contribution in [2.75, 3.05) is 32.5 Å². The maximum Gasteiger partial charge on any atom is 0.162 e. The number of nitrogens with one attached hydrogen (secondary N) is 1. The van der Waals surface area contributed by atoms with Gasteiger partial charge in [0.2, 0.25) is 0 Å². The van der Waals surface area contributed by atoms with E-state index in [4.69, 9.17) is 9.97 Å². The summed E-state index contributed by atoms with van der Waals surface area (Å²) in [6.45, 7) is 4.03. The molecular formula is C28H28N4. The van der Waals surface area contributed by atoms with E-state index in [1.54, 1.807) is 0 Å². The van der Waals surface area contributed by atoms with Crippen LogP contribution in [0, 0.1) is 6.92 Å². The molecule has 0 bridgehead atoms. The van der Waals surface area contributed by atoms with Gasteiger partial charge in [0.15, 0.2) is 5.82 Å². The van der Waals surface area contributed by atoms with Crippen LogP contribution in [0.3, 0.4) is 0 Å². The lowest BCUT2D eigenvalue weighted by molar-refractivity contribution is 0.405. The molecule has 160 valence electrons. The number of hydrogen-bond acceptors (Lipinski definition) is 4. The molecule has 4 heteroatoms. The van der Waals surface area contributed by atoms with Gasteiger partial charge in [0.05, 0.1) is 5.52 Å². The molecule has 0 saturated carbocycles. The minimum absolute atomic E-state index is 0.761. The lowest BCUT2D eigenvalue weighted by Gasteiger charge is -2.14. The summed E-state index contributed by atoms with van der Waals surface area (Å²) in [7, 11) is 4.20. The Labute approximate surface area is 188 Å². The van der Waals surface area contributed by atoms with Gasteiger partial charge in [0, 0.05) is 17.5 Å². The Morgan fingerprint density at radius 1 is 0.781 bits per heavy atom. The lowest BCUT2D eigenvalue weighted by atomic mass is 10.0. The molecule has 0 atom stereocenters. The number of para-hydroxylation sites is 1. The van der Waals surface area contributed by atoms with Crippen molar-refractivity contribution in [3.8, 4) is 11.4 Å². The van der Waals surface area contributed by atoms with Crippen molar-refractivity contribution in [1.82, 2.24) is 14.9 Å². The number of anilines is 1. The topological polar surface area (TPSA) is 41.0 Å². The largest absolute Gasteiger partial charge is 0.369 e. The van der Waals surface area contributed by atoms with Gasteiger partial charge in [0.25, 0.3) is 0 Å². The first kappa shape index (κ1) is 20.4. The van der Waals surface area contributed by atoms with Crippen LogP contribution in [-0.4, -0.2) is 42.1 Å². The minimum atomic E-state index is 0.761. The Hall–Kier alpha value is -3.50. The average molecular weight is 421 g/mol. The number of rotatable bonds is 6. The highest BCUT2D eigenvalue weighted by molar-refractivity contribution is 6.00. The van der Waals surface area contributed by atoms with Crippen molar-refractivity contribution in [1.29, 1.82) is 0 Å². The number of aryl methyl sites for hydroxylation is 1. The molecule has 0 fully saturated rings. The Bertz CT molecular complexity index is 1420.